The molecule has 1 aromatic rings. The molecular formula is C18H28ClN2. The Bertz CT molecular complexity index is 385. The van der Waals surface area contributed by atoms with Crippen LogP contribution in [0.4, 0.5) is 0 Å². The Morgan fingerprint density at radius 1 is 1.10 bits per heavy atom. The van der Waals surface area contributed by atoms with Crippen LogP contribution in [-0.4, -0.2) is 42.5 Å². The molecule has 0 amide bonds. The highest BCUT2D eigenvalue weighted by Gasteiger charge is 2.10. The van der Waals surface area contributed by atoms with Crippen LogP contribution >= 0.6 is 11.6 Å². The van der Waals surface area contributed by atoms with E-state index in [4.69, 9.17) is 11.6 Å². The van der Waals surface area contributed by atoms with E-state index in [0.717, 1.165) is 18.1 Å². The molecule has 21 heavy (non-hydrogen) atoms. The Hall–Kier alpha value is -0.570. The molecule has 1 aliphatic heterocycles. The zero-order valence-electron chi connectivity index (χ0n) is 13.2. The summed E-state index contributed by atoms with van der Waals surface area (Å²) >= 11 is 5.94. The Labute approximate surface area is 135 Å². The molecule has 0 aliphatic carbocycles. The molecule has 1 radical (unpaired) electrons. The maximum absolute atomic E-state index is 5.94. The fourth-order valence-electron chi connectivity index (χ4n) is 2.90. The maximum Gasteiger partial charge on any atom is 0.0406 e. The van der Waals surface area contributed by atoms with Crippen LogP contribution in [0.3, 0.4) is 0 Å². The van der Waals surface area contributed by atoms with Gasteiger partial charge in [-0.2, -0.15) is 0 Å². The zero-order valence-corrected chi connectivity index (χ0v) is 14.0. The number of piperidine rings is 1. The topological polar surface area (TPSA) is 6.48 Å². The zero-order chi connectivity index (χ0) is 14.9. The van der Waals surface area contributed by atoms with Crippen molar-refractivity contribution in [1.29, 1.82) is 0 Å². The molecule has 1 fully saturated rings. The number of unbranched alkanes of at least 4 members (excludes halogenated alkanes) is 1. The smallest absolute Gasteiger partial charge is 0.0406 e. The standard InChI is InChI=1S/C18H28ClN2/c1-2-20(16-17-8-10-18(19)11-9-17)12-6-7-15-21-13-4-3-5-14-21/h3,8-11H,2,4-7,12-16H2,1H3. The molecule has 117 valence electrons. The molecule has 0 aromatic heterocycles. The molecule has 0 saturated carbocycles. The monoisotopic (exact) mass is 307 g/mol. The van der Waals surface area contributed by atoms with Gasteiger partial charge in [0.1, 0.15) is 0 Å². The first-order valence-corrected chi connectivity index (χ1v) is 8.66. The molecule has 3 heteroatoms. The minimum atomic E-state index is 0.820. The van der Waals surface area contributed by atoms with E-state index in [2.05, 4.69) is 35.3 Å². The van der Waals surface area contributed by atoms with E-state index >= 15 is 0 Å². The minimum Gasteiger partial charge on any atom is -0.303 e. The normalized spacial score (nSPS) is 16.5. The molecule has 1 aliphatic rings. The molecule has 0 atom stereocenters. The van der Waals surface area contributed by atoms with Gasteiger partial charge in [-0.1, -0.05) is 30.7 Å². The highest BCUT2D eigenvalue weighted by Crippen LogP contribution is 2.12. The summed E-state index contributed by atoms with van der Waals surface area (Å²) in [5, 5.41) is 0.820. The number of nitrogens with zero attached hydrogens (tertiary/aromatic N) is 2. The summed E-state index contributed by atoms with van der Waals surface area (Å²) in [5.74, 6) is 0. The fourth-order valence-corrected chi connectivity index (χ4v) is 3.02. The number of likely N-dealkylation sites (tertiary alicyclic amines) is 1. The van der Waals surface area contributed by atoms with Gasteiger partial charge in [-0.25, -0.2) is 0 Å². The molecule has 1 saturated heterocycles. The lowest BCUT2D eigenvalue weighted by atomic mass is 10.1. The lowest BCUT2D eigenvalue weighted by Crippen LogP contribution is -2.31. The number of benzene rings is 1. The number of hydrogen-bond donors (Lipinski definition) is 0. The third kappa shape index (κ3) is 6.37. The van der Waals surface area contributed by atoms with E-state index in [-0.39, 0.29) is 0 Å². The molecule has 2 rings (SSSR count). The Morgan fingerprint density at radius 3 is 2.48 bits per heavy atom. The predicted octanol–water partition coefficient (Wildman–Crippen LogP) is 4.24. The van der Waals surface area contributed by atoms with Gasteiger partial charge in [-0.15, -0.1) is 0 Å². The van der Waals surface area contributed by atoms with Crippen LogP contribution in [0.5, 0.6) is 0 Å². The lowest BCUT2D eigenvalue weighted by molar-refractivity contribution is 0.231. The lowest BCUT2D eigenvalue weighted by Gasteiger charge is -2.27. The average Bonchev–Trinajstić information content (AvgIpc) is 2.53. The van der Waals surface area contributed by atoms with Crippen LogP contribution in [0.15, 0.2) is 24.3 Å². The molecule has 0 unspecified atom stereocenters. The van der Waals surface area contributed by atoms with Crippen molar-refractivity contribution in [2.24, 2.45) is 0 Å². The minimum absolute atomic E-state index is 0.820. The van der Waals surface area contributed by atoms with E-state index in [0.29, 0.717) is 0 Å². The van der Waals surface area contributed by atoms with Gasteiger partial charge in [0, 0.05) is 11.6 Å². The van der Waals surface area contributed by atoms with Gasteiger partial charge in [0.25, 0.3) is 0 Å². The Kier molecular flexibility index (Phi) is 7.56. The summed E-state index contributed by atoms with van der Waals surface area (Å²) in [5.41, 5.74) is 1.35. The number of hydrogen-bond acceptors (Lipinski definition) is 2. The molecular weight excluding hydrogens is 280 g/mol. The van der Waals surface area contributed by atoms with E-state index in [1.54, 1.807) is 0 Å². The van der Waals surface area contributed by atoms with Crippen molar-refractivity contribution in [3.8, 4) is 0 Å². The van der Waals surface area contributed by atoms with E-state index in [9.17, 15) is 0 Å². The van der Waals surface area contributed by atoms with Crippen LogP contribution < -0.4 is 0 Å². The van der Waals surface area contributed by atoms with E-state index in [1.807, 2.05) is 12.1 Å². The van der Waals surface area contributed by atoms with Crippen LogP contribution in [0, 0.1) is 6.42 Å². The van der Waals surface area contributed by atoms with Crippen molar-refractivity contribution in [2.75, 3.05) is 32.7 Å². The van der Waals surface area contributed by atoms with Gasteiger partial charge in [-0.05, 0) is 82.5 Å². The summed E-state index contributed by atoms with van der Waals surface area (Å²) < 4.78 is 0. The Morgan fingerprint density at radius 2 is 1.81 bits per heavy atom. The predicted molar refractivity (Wildman–Crippen MR) is 91.6 cm³/mol. The number of halogens is 1. The van der Waals surface area contributed by atoms with E-state index in [1.165, 1.54) is 57.4 Å². The molecule has 0 bridgehead atoms. The first-order chi connectivity index (χ1) is 10.3. The Balaban J connectivity index is 1.63. The summed E-state index contributed by atoms with van der Waals surface area (Å²) in [6.45, 7) is 9.39. The molecule has 0 N–H and O–H groups in total. The van der Waals surface area contributed by atoms with Gasteiger partial charge >= 0.3 is 0 Å². The summed E-state index contributed by atoms with van der Waals surface area (Å²) in [7, 11) is 0. The van der Waals surface area contributed by atoms with Crippen LogP contribution in [0.1, 0.15) is 38.2 Å². The molecule has 1 heterocycles. The number of rotatable bonds is 8. The fraction of sp³-hybridized carbons (Fsp3) is 0.611. The van der Waals surface area contributed by atoms with Gasteiger partial charge < -0.3 is 4.90 Å². The summed E-state index contributed by atoms with van der Waals surface area (Å²) in [6, 6.07) is 8.24. The van der Waals surface area contributed by atoms with Crippen LogP contribution in [0.2, 0.25) is 5.02 Å². The van der Waals surface area contributed by atoms with Crippen molar-refractivity contribution < 1.29 is 0 Å². The third-order valence-corrected chi connectivity index (χ3v) is 4.52. The highest BCUT2D eigenvalue weighted by atomic mass is 35.5. The van der Waals surface area contributed by atoms with Crippen LogP contribution in [-0.2, 0) is 6.54 Å². The van der Waals surface area contributed by atoms with Crippen LogP contribution in [0.25, 0.3) is 0 Å². The van der Waals surface area contributed by atoms with Crippen molar-refractivity contribution >= 4 is 11.6 Å². The summed E-state index contributed by atoms with van der Waals surface area (Å²) in [4.78, 5) is 5.13. The molecule has 0 spiro atoms. The second kappa shape index (κ2) is 9.45. The van der Waals surface area contributed by atoms with Gasteiger partial charge in [0.05, 0.1) is 0 Å². The second-order valence-electron chi connectivity index (χ2n) is 5.91. The SMILES string of the molecule is CCN(CCCCN1CC[CH]CC1)Cc1ccc(Cl)cc1. The highest BCUT2D eigenvalue weighted by molar-refractivity contribution is 6.30. The summed E-state index contributed by atoms with van der Waals surface area (Å²) in [6.07, 6.45) is 7.58. The van der Waals surface area contributed by atoms with Crippen molar-refractivity contribution in [3.63, 3.8) is 0 Å². The van der Waals surface area contributed by atoms with E-state index < -0.39 is 0 Å². The van der Waals surface area contributed by atoms with Gasteiger partial charge in [-0.3, -0.25) is 4.90 Å². The van der Waals surface area contributed by atoms with Crippen molar-refractivity contribution in [2.45, 2.75) is 39.2 Å². The first kappa shape index (κ1) is 16.8. The van der Waals surface area contributed by atoms with Gasteiger partial charge in [0.2, 0.25) is 0 Å². The second-order valence-corrected chi connectivity index (χ2v) is 6.35. The largest absolute Gasteiger partial charge is 0.303 e. The average molecular weight is 308 g/mol. The van der Waals surface area contributed by atoms with Crippen molar-refractivity contribution in [3.05, 3.63) is 41.3 Å². The van der Waals surface area contributed by atoms with Gasteiger partial charge in [0.15, 0.2) is 0 Å². The quantitative estimate of drug-likeness (QED) is 0.663. The van der Waals surface area contributed by atoms with Crippen molar-refractivity contribution in [1.82, 2.24) is 9.80 Å². The third-order valence-electron chi connectivity index (χ3n) is 4.26. The first-order valence-electron chi connectivity index (χ1n) is 8.28. The molecule has 1 aromatic carbocycles. The molecule has 2 nitrogen and oxygen atoms in total. The maximum atomic E-state index is 5.94.